The van der Waals surface area contributed by atoms with Gasteiger partial charge in [-0.2, -0.15) is 0 Å². The Hall–Kier alpha value is -1.90. The third-order valence-electron chi connectivity index (χ3n) is 2.90. The molecule has 0 aliphatic rings. The molecule has 0 saturated heterocycles. The van der Waals surface area contributed by atoms with Gasteiger partial charge < -0.3 is 15.8 Å². The SMILES string of the molecule is CCCC(COC)NC(=O)c1ccc(C#CCN)c(F)c1. The highest BCUT2D eigenvalue weighted by atomic mass is 19.1. The van der Waals surface area contributed by atoms with Gasteiger partial charge in [0.05, 0.1) is 24.8 Å². The monoisotopic (exact) mass is 292 g/mol. The number of carbonyl (C=O) groups excluding carboxylic acids is 1. The molecule has 1 atom stereocenters. The van der Waals surface area contributed by atoms with Gasteiger partial charge in [0.2, 0.25) is 0 Å². The van der Waals surface area contributed by atoms with E-state index in [1.165, 1.54) is 12.1 Å². The van der Waals surface area contributed by atoms with Crippen LogP contribution in [0.1, 0.15) is 35.7 Å². The van der Waals surface area contributed by atoms with Crippen molar-refractivity contribution in [3.8, 4) is 11.8 Å². The lowest BCUT2D eigenvalue weighted by Gasteiger charge is -2.17. The number of hydrogen-bond acceptors (Lipinski definition) is 3. The van der Waals surface area contributed by atoms with E-state index in [0.717, 1.165) is 12.8 Å². The molecule has 1 aromatic rings. The minimum absolute atomic E-state index is 0.0766. The van der Waals surface area contributed by atoms with E-state index in [-0.39, 0.29) is 29.6 Å². The molecule has 0 radical (unpaired) electrons. The molecule has 0 saturated carbocycles. The molecule has 0 fully saturated rings. The maximum absolute atomic E-state index is 13.8. The molecule has 1 aromatic carbocycles. The molecule has 3 N–H and O–H groups in total. The quantitative estimate of drug-likeness (QED) is 0.784. The van der Waals surface area contributed by atoms with Gasteiger partial charge in [0.25, 0.3) is 5.91 Å². The van der Waals surface area contributed by atoms with Gasteiger partial charge in [-0.3, -0.25) is 4.79 Å². The lowest BCUT2D eigenvalue weighted by Crippen LogP contribution is -2.38. The average molecular weight is 292 g/mol. The first-order valence-electron chi connectivity index (χ1n) is 6.90. The maximum Gasteiger partial charge on any atom is 0.251 e. The van der Waals surface area contributed by atoms with Crippen molar-refractivity contribution >= 4 is 5.91 Å². The number of nitrogens with two attached hydrogens (primary N) is 1. The van der Waals surface area contributed by atoms with Crippen LogP contribution in [0.5, 0.6) is 0 Å². The summed E-state index contributed by atoms with van der Waals surface area (Å²) in [5, 5.41) is 2.84. The lowest BCUT2D eigenvalue weighted by atomic mass is 10.1. The number of nitrogens with one attached hydrogen (secondary N) is 1. The Bertz CT molecular complexity index is 529. The van der Waals surface area contributed by atoms with Gasteiger partial charge in [0, 0.05) is 12.7 Å². The summed E-state index contributed by atoms with van der Waals surface area (Å²) >= 11 is 0. The summed E-state index contributed by atoms with van der Waals surface area (Å²) in [6.45, 7) is 2.62. The van der Waals surface area contributed by atoms with E-state index in [4.69, 9.17) is 10.5 Å². The number of hydrogen-bond donors (Lipinski definition) is 2. The first-order valence-corrected chi connectivity index (χ1v) is 6.90. The Balaban J connectivity index is 2.80. The van der Waals surface area contributed by atoms with Gasteiger partial charge in [0.15, 0.2) is 0 Å². The van der Waals surface area contributed by atoms with Crippen LogP contribution in [0.2, 0.25) is 0 Å². The molecule has 0 aliphatic carbocycles. The van der Waals surface area contributed by atoms with E-state index >= 15 is 0 Å². The number of rotatable bonds is 6. The summed E-state index contributed by atoms with van der Waals surface area (Å²) < 4.78 is 18.9. The zero-order valence-corrected chi connectivity index (χ0v) is 12.4. The number of methoxy groups -OCH3 is 1. The maximum atomic E-state index is 13.8. The zero-order chi connectivity index (χ0) is 15.7. The predicted octanol–water partition coefficient (Wildman–Crippen LogP) is 1.68. The summed E-state index contributed by atoms with van der Waals surface area (Å²) in [6, 6.07) is 4.14. The van der Waals surface area contributed by atoms with E-state index in [1.54, 1.807) is 13.2 Å². The van der Waals surface area contributed by atoms with E-state index in [0.29, 0.717) is 6.61 Å². The van der Waals surface area contributed by atoms with Gasteiger partial charge in [-0.25, -0.2) is 4.39 Å². The highest BCUT2D eigenvalue weighted by molar-refractivity contribution is 5.94. The van der Waals surface area contributed by atoms with Crippen LogP contribution in [0.4, 0.5) is 4.39 Å². The Labute approximate surface area is 124 Å². The smallest absolute Gasteiger partial charge is 0.251 e. The fraction of sp³-hybridized carbons (Fsp3) is 0.438. The second-order valence-electron chi connectivity index (χ2n) is 4.61. The van der Waals surface area contributed by atoms with Crippen molar-refractivity contribution < 1.29 is 13.9 Å². The number of ether oxygens (including phenoxy) is 1. The van der Waals surface area contributed by atoms with Crippen LogP contribution in [0, 0.1) is 17.7 Å². The van der Waals surface area contributed by atoms with Crippen molar-refractivity contribution in [3.05, 3.63) is 35.1 Å². The highest BCUT2D eigenvalue weighted by Crippen LogP contribution is 2.10. The standard InChI is InChI=1S/C16H21FN2O2/c1-3-5-14(11-21-2)19-16(20)13-8-7-12(6-4-9-18)15(17)10-13/h7-8,10,14H,3,5,9,11,18H2,1-2H3,(H,19,20). The molecule has 0 bridgehead atoms. The molecule has 0 heterocycles. The minimum Gasteiger partial charge on any atom is -0.383 e. The molecule has 4 nitrogen and oxygen atoms in total. The molecule has 0 aromatic heterocycles. The third-order valence-corrected chi connectivity index (χ3v) is 2.90. The van der Waals surface area contributed by atoms with Crippen molar-refractivity contribution in [2.24, 2.45) is 5.73 Å². The van der Waals surface area contributed by atoms with Gasteiger partial charge in [-0.05, 0) is 24.6 Å². The molecule has 1 rings (SSSR count). The molecule has 1 amide bonds. The van der Waals surface area contributed by atoms with Crippen LogP contribution in [0.3, 0.4) is 0 Å². The van der Waals surface area contributed by atoms with Crippen LogP contribution in [0.15, 0.2) is 18.2 Å². The van der Waals surface area contributed by atoms with Crippen molar-refractivity contribution in [1.82, 2.24) is 5.32 Å². The van der Waals surface area contributed by atoms with E-state index in [2.05, 4.69) is 17.2 Å². The van der Waals surface area contributed by atoms with Crippen molar-refractivity contribution in [1.29, 1.82) is 0 Å². The molecule has 0 aliphatic heterocycles. The number of carbonyl (C=O) groups is 1. The normalized spacial score (nSPS) is 11.4. The lowest BCUT2D eigenvalue weighted by molar-refractivity contribution is 0.0891. The van der Waals surface area contributed by atoms with E-state index < -0.39 is 5.82 Å². The van der Waals surface area contributed by atoms with Crippen LogP contribution in [0.25, 0.3) is 0 Å². The molecule has 114 valence electrons. The van der Waals surface area contributed by atoms with Crippen LogP contribution >= 0.6 is 0 Å². The zero-order valence-electron chi connectivity index (χ0n) is 12.4. The molecule has 1 unspecified atom stereocenters. The first kappa shape index (κ1) is 17.2. The number of benzene rings is 1. The topological polar surface area (TPSA) is 64.3 Å². The Kier molecular flexibility index (Phi) is 7.44. The summed E-state index contributed by atoms with van der Waals surface area (Å²) in [5.74, 6) is 4.36. The van der Waals surface area contributed by atoms with Crippen LogP contribution in [-0.2, 0) is 4.74 Å². The van der Waals surface area contributed by atoms with Gasteiger partial charge in [0.1, 0.15) is 5.82 Å². The summed E-state index contributed by atoms with van der Waals surface area (Å²) in [7, 11) is 1.58. The third kappa shape index (κ3) is 5.54. The second kappa shape index (κ2) is 9.11. The van der Waals surface area contributed by atoms with E-state index in [9.17, 15) is 9.18 Å². The van der Waals surface area contributed by atoms with Gasteiger partial charge in [-0.1, -0.05) is 25.2 Å². The van der Waals surface area contributed by atoms with Crippen LogP contribution in [-0.4, -0.2) is 32.2 Å². The molecule has 0 spiro atoms. The molecular weight excluding hydrogens is 271 g/mol. The van der Waals surface area contributed by atoms with Gasteiger partial charge >= 0.3 is 0 Å². The predicted molar refractivity (Wildman–Crippen MR) is 80.4 cm³/mol. The number of halogens is 1. The highest BCUT2D eigenvalue weighted by Gasteiger charge is 2.14. The molecular formula is C16H21FN2O2. The first-order chi connectivity index (χ1) is 10.1. The second-order valence-corrected chi connectivity index (χ2v) is 4.61. The van der Waals surface area contributed by atoms with Crippen molar-refractivity contribution in [2.75, 3.05) is 20.3 Å². The fourth-order valence-electron chi connectivity index (χ4n) is 1.92. The van der Waals surface area contributed by atoms with E-state index in [1.807, 2.05) is 6.92 Å². The Morgan fingerprint density at radius 3 is 2.86 bits per heavy atom. The van der Waals surface area contributed by atoms with Crippen LogP contribution < -0.4 is 11.1 Å². The van der Waals surface area contributed by atoms with Gasteiger partial charge in [-0.15, -0.1) is 0 Å². The fourth-order valence-corrected chi connectivity index (χ4v) is 1.92. The summed E-state index contributed by atoms with van der Waals surface area (Å²) in [4.78, 5) is 12.1. The largest absolute Gasteiger partial charge is 0.383 e. The molecule has 21 heavy (non-hydrogen) atoms. The summed E-state index contributed by atoms with van der Waals surface area (Å²) in [6.07, 6.45) is 1.73. The summed E-state index contributed by atoms with van der Waals surface area (Å²) in [5.41, 5.74) is 5.75. The molecule has 5 heteroatoms. The number of amides is 1. The Morgan fingerprint density at radius 2 is 2.29 bits per heavy atom. The average Bonchev–Trinajstić information content (AvgIpc) is 2.46. The van der Waals surface area contributed by atoms with Crippen molar-refractivity contribution in [2.45, 2.75) is 25.8 Å². The minimum atomic E-state index is -0.526. The Morgan fingerprint density at radius 1 is 1.52 bits per heavy atom. The van der Waals surface area contributed by atoms with Crippen molar-refractivity contribution in [3.63, 3.8) is 0 Å².